The maximum atomic E-state index is 5.01. The summed E-state index contributed by atoms with van der Waals surface area (Å²) in [4.78, 5) is 9.90. The molecule has 0 bridgehead atoms. The van der Waals surface area contributed by atoms with E-state index in [4.69, 9.17) is 9.97 Å². The van der Waals surface area contributed by atoms with E-state index in [0.29, 0.717) is 0 Å². The molecule has 36 heavy (non-hydrogen) atoms. The second-order valence-corrected chi connectivity index (χ2v) is 9.73. The average Bonchev–Trinajstić information content (AvgIpc) is 2.96. The van der Waals surface area contributed by atoms with Crippen LogP contribution in [0.5, 0.6) is 0 Å². The van der Waals surface area contributed by atoms with Gasteiger partial charge in [0.05, 0.1) is 11.4 Å². The molecule has 0 saturated carbocycles. The Morgan fingerprint density at radius 3 is 1.83 bits per heavy atom. The molecule has 0 unspecified atom stereocenters. The van der Waals surface area contributed by atoms with Crippen molar-refractivity contribution in [1.82, 2.24) is 9.97 Å². The van der Waals surface area contributed by atoms with Crippen LogP contribution in [0.25, 0.3) is 50.8 Å². The molecule has 0 fully saturated rings. The van der Waals surface area contributed by atoms with Gasteiger partial charge in [0, 0.05) is 23.5 Å². The van der Waals surface area contributed by atoms with Crippen molar-refractivity contribution in [2.75, 3.05) is 0 Å². The molecule has 0 saturated heterocycles. The van der Waals surface area contributed by atoms with E-state index in [1.807, 2.05) is 12.4 Å². The zero-order valence-electron chi connectivity index (χ0n) is 20.1. The zero-order chi connectivity index (χ0) is 23.9. The fourth-order valence-electron chi connectivity index (χ4n) is 5.61. The van der Waals surface area contributed by atoms with E-state index in [1.54, 1.807) is 0 Å². The standard InChI is InChI=1S/C34H26N2/c1-3-9-23(10-4-1)29-17-27-15-16-28-18-30(22-36-34(28)33(27)35-21-29)32-20-26-14-8-7-13-25(26)19-31(32)24-11-5-2-6-12-24/h1-7,9-13,17-22H,8,14-16H2. The minimum Gasteiger partial charge on any atom is -0.254 e. The first-order valence-corrected chi connectivity index (χ1v) is 12.8. The van der Waals surface area contributed by atoms with Crippen molar-refractivity contribution in [1.29, 1.82) is 0 Å². The molecule has 172 valence electrons. The summed E-state index contributed by atoms with van der Waals surface area (Å²) in [5, 5.41) is 0. The smallest absolute Gasteiger partial charge is 0.0921 e. The maximum absolute atomic E-state index is 5.01. The summed E-state index contributed by atoms with van der Waals surface area (Å²) in [5.41, 5.74) is 14.7. The van der Waals surface area contributed by atoms with Gasteiger partial charge in [0.15, 0.2) is 0 Å². The molecule has 2 aliphatic carbocycles. The Morgan fingerprint density at radius 2 is 1.11 bits per heavy atom. The van der Waals surface area contributed by atoms with E-state index in [1.165, 1.54) is 55.6 Å². The van der Waals surface area contributed by atoms with Gasteiger partial charge >= 0.3 is 0 Å². The van der Waals surface area contributed by atoms with Gasteiger partial charge < -0.3 is 0 Å². The number of aromatic nitrogens is 2. The van der Waals surface area contributed by atoms with Crippen molar-refractivity contribution in [3.63, 3.8) is 0 Å². The third-order valence-electron chi connectivity index (χ3n) is 7.48. The maximum Gasteiger partial charge on any atom is 0.0921 e. The molecule has 2 aromatic heterocycles. The molecule has 3 aromatic carbocycles. The third-order valence-corrected chi connectivity index (χ3v) is 7.48. The molecule has 0 aliphatic heterocycles. The van der Waals surface area contributed by atoms with Gasteiger partial charge in [-0.15, -0.1) is 0 Å². The van der Waals surface area contributed by atoms with Crippen molar-refractivity contribution >= 4 is 6.08 Å². The van der Waals surface area contributed by atoms with Crippen molar-refractivity contribution in [2.24, 2.45) is 0 Å². The Hall–Kier alpha value is -4.30. The number of aryl methyl sites for hydroxylation is 3. The summed E-state index contributed by atoms with van der Waals surface area (Å²) >= 11 is 0. The first-order chi connectivity index (χ1) is 17.8. The Bertz CT molecular complexity index is 1610. The predicted octanol–water partition coefficient (Wildman–Crippen LogP) is 8.20. The van der Waals surface area contributed by atoms with Gasteiger partial charge in [-0.2, -0.15) is 0 Å². The van der Waals surface area contributed by atoms with Crippen molar-refractivity contribution in [2.45, 2.75) is 25.7 Å². The van der Waals surface area contributed by atoms with Crippen LogP contribution in [-0.4, -0.2) is 9.97 Å². The predicted molar refractivity (Wildman–Crippen MR) is 149 cm³/mol. The van der Waals surface area contributed by atoms with Crippen molar-refractivity contribution in [3.05, 3.63) is 126 Å². The van der Waals surface area contributed by atoms with Crippen LogP contribution in [0.15, 0.2) is 103 Å². The number of hydrogen-bond donors (Lipinski definition) is 0. The van der Waals surface area contributed by atoms with E-state index < -0.39 is 0 Å². The van der Waals surface area contributed by atoms with E-state index >= 15 is 0 Å². The second-order valence-electron chi connectivity index (χ2n) is 9.73. The van der Waals surface area contributed by atoms with Gasteiger partial charge in [0.1, 0.15) is 0 Å². The molecule has 0 radical (unpaired) electrons. The molecule has 2 aliphatic rings. The Balaban J connectivity index is 1.32. The molecule has 2 heteroatoms. The van der Waals surface area contributed by atoms with Crippen LogP contribution < -0.4 is 0 Å². The van der Waals surface area contributed by atoms with Crippen LogP contribution in [0, 0.1) is 0 Å². The number of pyridine rings is 2. The Labute approximate surface area is 212 Å². The molecule has 2 heterocycles. The van der Waals surface area contributed by atoms with Crippen LogP contribution in [0.4, 0.5) is 0 Å². The van der Waals surface area contributed by atoms with Gasteiger partial charge in [-0.3, -0.25) is 9.97 Å². The number of nitrogens with zero attached hydrogens (tertiary/aromatic N) is 2. The number of hydrogen-bond acceptors (Lipinski definition) is 2. The molecular weight excluding hydrogens is 436 g/mol. The number of allylic oxidation sites excluding steroid dienone is 1. The van der Waals surface area contributed by atoms with Crippen LogP contribution in [-0.2, 0) is 19.3 Å². The van der Waals surface area contributed by atoms with Gasteiger partial charge in [0.25, 0.3) is 0 Å². The molecule has 0 N–H and O–H groups in total. The lowest BCUT2D eigenvalue weighted by molar-refractivity contribution is 0.913. The lowest BCUT2D eigenvalue weighted by Crippen LogP contribution is -2.08. The highest BCUT2D eigenvalue weighted by Crippen LogP contribution is 2.39. The van der Waals surface area contributed by atoms with Crippen molar-refractivity contribution < 1.29 is 0 Å². The molecule has 7 rings (SSSR count). The van der Waals surface area contributed by atoms with E-state index in [2.05, 4.69) is 97.1 Å². The van der Waals surface area contributed by atoms with E-state index in [0.717, 1.165) is 37.1 Å². The first kappa shape index (κ1) is 21.0. The van der Waals surface area contributed by atoms with Crippen LogP contribution in [0.1, 0.15) is 28.7 Å². The van der Waals surface area contributed by atoms with E-state index in [9.17, 15) is 0 Å². The number of rotatable bonds is 3. The SMILES string of the molecule is C1=Cc2cc(-c3ccccc3)c(-c3cnc4c(c3)CCc3cc(-c5ccccc5)cnc3-4)cc2CC1. The van der Waals surface area contributed by atoms with Gasteiger partial charge in [-0.05, 0) is 94.5 Å². The van der Waals surface area contributed by atoms with Crippen LogP contribution in [0.2, 0.25) is 0 Å². The van der Waals surface area contributed by atoms with Crippen LogP contribution >= 0.6 is 0 Å². The average molecular weight is 463 g/mol. The summed E-state index contributed by atoms with van der Waals surface area (Å²) < 4.78 is 0. The third kappa shape index (κ3) is 3.67. The quantitative estimate of drug-likeness (QED) is 0.270. The summed E-state index contributed by atoms with van der Waals surface area (Å²) in [6, 6.07) is 30.6. The fourth-order valence-corrected chi connectivity index (χ4v) is 5.61. The highest BCUT2D eigenvalue weighted by Gasteiger charge is 2.21. The molecule has 0 amide bonds. The molecular formula is C34H26N2. The minimum absolute atomic E-state index is 0.984. The molecule has 5 aromatic rings. The highest BCUT2D eigenvalue weighted by atomic mass is 14.8. The normalized spacial score (nSPS) is 13.6. The monoisotopic (exact) mass is 462 g/mol. The Morgan fingerprint density at radius 1 is 0.500 bits per heavy atom. The fraction of sp³-hybridized carbons (Fsp3) is 0.118. The second kappa shape index (κ2) is 8.73. The zero-order valence-corrected chi connectivity index (χ0v) is 20.1. The van der Waals surface area contributed by atoms with E-state index in [-0.39, 0.29) is 0 Å². The number of fused-ring (bicyclic) bond motifs is 4. The largest absolute Gasteiger partial charge is 0.254 e. The molecule has 0 atom stereocenters. The summed E-state index contributed by atoms with van der Waals surface area (Å²) in [6.07, 6.45) is 12.8. The summed E-state index contributed by atoms with van der Waals surface area (Å²) in [5.74, 6) is 0. The minimum atomic E-state index is 0.984. The summed E-state index contributed by atoms with van der Waals surface area (Å²) in [7, 11) is 0. The summed E-state index contributed by atoms with van der Waals surface area (Å²) in [6.45, 7) is 0. The first-order valence-electron chi connectivity index (χ1n) is 12.8. The van der Waals surface area contributed by atoms with Crippen LogP contribution in [0.3, 0.4) is 0 Å². The van der Waals surface area contributed by atoms with Gasteiger partial charge in [-0.1, -0.05) is 72.8 Å². The lowest BCUT2D eigenvalue weighted by atomic mass is 9.85. The van der Waals surface area contributed by atoms with Crippen molar-refractivity contribution in [3.8, 4) is 44.8 Å². The highest BCUT2D eigenvalue weighted by molar-refractivity contribution is 5.87. The van der Waals surface area contributed by atoms with Gasteiger partial charge in [-0.25, -0.2) is 0 Å². The molecule has 2 nitrogen and oxygen atoms in total. The number of benzene rings is 3. The molecule has 0 spiro atoms. The lowest BCUT2D eigenvalue weighted by Gasteiger charge is -2.21. The van der Waals surface area contributed by atoms with Gasteiger partial charge in [0.2, 0.25) is 0 Å². The Kier molecular flexibility index (Phi) is 5.10. The topological polar surface area (TPSA) is 25.8 Å².